The van der Waals surface area contributed by atoms with Gasteiger partial charge in [-0.2, -0.15) is 0 Å². The Kier molecular flexibility index (Phi) is 9.39. The van der Waals surface area contributed by atoms with Crippen LogP contribution >= 0.6 is 11.6 Å². The quantitative estimate of drug-likeness (QED) is 0.228. The highest BCUT2D eigenvalue weighted by Crippen LogP contribution is 2.38. The Balaban J connectivity index is 1.07. The van der Waals surface area contributed by atoms with Crippen molar-refractivity contribution in [3.05, 3.63) is 81.4 Å². The van der Waals surface area contributed by atoms with Crippen molar-refractivity contribution >= 4 is 34.8 Å². The maximum absolute atomic E-state index is 13.7. The average Bonchev–Trinajstić information content (AvgIpc) is 3.62. The second-order valence-electron chi connectivity index (χ2n) is 14.1. The molecule has 2 aromatic carbocycles. The number of nitrogens with zero attached hydrogens (tertiary/aromatic N) is 6. The molecule has 2 aliphatic heterocycles. The van der Waals surface area contributed by atoms with E-state index >= 15 is 0 Å². The van der Waals surface area contributed by atoms with Gasteiger partial charge in [-0.05, 0) is 68.8 Å². The molecule has 7 rings (SSSR count). The molecule has 4 aromatic rings. The minimum Gasteiger partial charge on any atom is -0.327 e. The molecule has 2 amide bonds. The molecule has 0 atom stereocenters. The normalized spacial score (nSPS) is 19.7. The van der Waals surface area contributed by atoms with Crippen LogP contribution in [-0.4, -0.2) is 66.9 Å². The molecule has 0 spiro atoms. The summed E-state index contributed by atoms with van der Waals surface area (Å²) in [5.41, 5.74) is 7.88. The third-order valence-corrected chi connectivity index (χ3v) is 11.6. The molecule has 258 valence electrons. The Labute approximate surface area is 293 Å². The molecule has 10 nitrogen and oxygen atoms in total. The lowest BCUT2D eigenvalue weighted by atomic mass is 9.83. The van der Waals surface area contributed by atoms with Crippen LogP contribution in [0.2, 0.25) is 5.02 Å². The largest absolute Gasteiger partial charge is 0.327 e. The Morgan fingerprint density at radius 2 is 1.37 bits per heavy atom. The second kappa shape index (κ2) is 13.7. The smallest absolute Gasteiger partial charge is 0.291 e. The van der Waals surface area contributed by atoms with E-state index in [0.29, 0.717) is 34.1 Å². The number of halogens is 1. The van der Waals surface area contributed by atoms with E-state index in [2.05, 4.69) is 39.4 Å². The number of hydrogen-bond donors (Lipinski definition) is 2. The Hall–Kier alpha value is -3.99. The van der Waals surface area contributed by atoms with E-state index < -0.39 is 0 Å². The number of amides is 2. The van der Waals surface area contributed by atoms with Gasteiger partial charge in [-0.3, -0.25) is 14.5 Å². The molecular formula is C38H47ClN8O2. The summed E-state index contributed by atoms with van der Waals surface area (Å²) in [5.74, 6) is 1.13. The number of anilines is 2. The first-order valence-electron chi connectivity index (χ1n) is 17.7. The number of hydrogen-bond acceptors (Lipinski definition) is 6. The molecule has 2 aromatic heterocycles. The highest BCUT2D eigenvalue weighted by Gasteiger charge is 2.31. The van der Waals surface area contributed by atoms with E-state index in [0.717, 1.165) is 84.4 Å². The van der Waals surface area contributed by atoms with Crippen LogP contribution in [0.5, 0.6) is 0 Å². The lowest BCUT2D eigenvalue weighted by molar-refractivity contribution is 0.100. The fourth-order valence-corrected chi connectivity index (χ4v) is 8.37. The molecule has 0 bridgehead atoms. The number of nitrogens with one attached hydrogen (secondary N) is 2. The first-order chi connectivity index (χ1) is 23.6. The van der Waals surface area contributed by atoms with Crippen molar-refractivity contribution in [2.45, 2.75) is 77.9 Å². The summed E-state index contributed by atoms with van der Waals surface area (Å²) in [6, 6.07) is 12.0. The van der Waals surface area contributed by atoms with Gasteiger partial charge in [-0.1, -0.05) is 49.2 Å². The molecule has 1 aliphatic carbocycles. The molecule has 0 saturated heterocycles. The van der Waals surface area contributed by atoms with Gasteiger partial charge in [-0.25, -0.2) is 9.97 Å². The van der Waals surface area contributed by atoms with Crippen molar-refractivity contribution in [2.75, 3.05) is 30.8 Å². The number of carbonyl (C=O) groups is 2. The molecule has 3 aliphatic rings. The van der Waals surface area contributed by atoms with Crippen molar-refractivity contribution in [1.82, 2.24) is 28.9 Å². The van der Waals surface area contributed by atoms with Gasteiger partial charge in [0.2, 0.25) is 0 Å². The number of fused-ring (bicyclic) bond motifs is 2. The molecule has 1 fully saturated rings. The minimum atomic E-state index is -0.305. The third kappa shape index (κ3) is 6.42. The van der Waals surface area contributed by atoms with Crippen LogP contribution in [0.1, 0.15) is 88.6 Å². The Bertz CT molecular complexity index is 1900. The zero-order valence-corrected chi connectivity index (χ0v) is 30.0. The zero-order chi connectivity index (χ0) is 34.4. The van der Waals surface area contributed by atoms with Crippen LogP contribution in [0, 0.1) is 12.8 Å². The number of likely N-dealkylation sites (N-methyl/N-ethyl adjacent to an activating group) is 1. The van der Waals surface area contributed by atoms with Gasteiger partial charge in [0.05, 0.1) is 22.1 Å². The van der Waals surface area contributed by atoms with Crippen LogP contribution < -0.4 is 10.6 Å². The fraction of sp³-hybridized carbons (Fsp3) is 0.474. The summed E-state index contributed by atoms with van der Waals surface area (Å²) in [6.45, 7) is 7.74. The SMILES string of the molecule is CCC1CCC(N2CCc3c(nc(C(=O)Nc4cccc(-c5cccc(NC(=O)c6nc7c(n6C)CCN(C)C7)c5Cl)c4C)n3C)C2)CC1. The highest BCUT2D eigenvalue weighted by molar-refractivity contribution is 6.36. The van der Waals surface area contributed by atoms with Crippen LogP contribution in [0.3, 0.4) is 0 Å². The maximum atomic E-state index is 13.7. The second-order valence-corrected chi connectivity index (χ2v) is 14.5. The van der Waals surface area contributed by atoms with Gasteiger partial charge < -0.3 is 24.7 Å². The third-order valence-electron chi connectivity index (χ3n) is 11.2. The monoisotopic (exact) mass is 682 g/mol. The number of imidazole rings is 2. The summed E-state index contributed by atoms with van der Waals surface area (Å²) in [6.07, 6.45) is 8.17. The van der Waals surface area contributed by atoms with E-state index in [-0.39, 0.29) is 11.8 Å². The van der Waals surface area contributed by atoms with E-state index in [9.17, 15) is 9.59 Å². The predicted molar refractivity (Wildman–Crippen MR) is 194 cm³/mol. The lowest BCUT2D eigenvalue weighted by Gasteiger charge is -2.38. The van der Waals surface area contributed by atoms with E-state index in [1.807, 2.05) is 60.5 Å². The van der Waals surface area contributed by atoms with Gasteiger partial charge in [0.1, 0.15) is 0 Å². The standard InChI is InChI=1S/C38H47ClN8O2/c1-6-24-13-15-25(16-14-24)47-20-18-33-31(22-47)41-35(46(33)5)37(48)42-28-11-7-9-26(23(28)2)27-10-8-12-29(34(27)39)43-38(49)36-40-30-21-44(3)19-17-32(30)45(36)4/h7-12,24-25H,6,13-22H2,1-5H3,(H,42,48)(H,43,49). The summed E-state index contributed by atoms with van der Waals surface area (Å²) in [4.78, 5) is 41.4. The van der Waals surface area contributed by atoms with Crippen LogP contribution in [0.4, 0.5) is 11.4 Å². The van der Waals surface area contributed by atoms with Crippen LogP contribution in [-0.2, 0) is 40.0 Å². The maximum Gasteiger partial charge on any atom is 0.291 e. The molecule has 11 heteroatoms. The predicted octanol–water partition coefficient (Wildman–Crippen LogP) is 6.60. The van der Waals surface area contributed by atoms with Gasteiger partial charge >= 0.3 is 0 Å². The van der Waals surface area contributed by atoms with Crippen LogP contribution in [0.15, 0.2) is 36.4 Å². The molecule has 0 unspecified atom stereocenters. The van der Waals surface area contributed by atoms with Crippen molar-refractivity contribution in [2.24, 2.45) is 20.0 Å². The van der Waals surface area contributed by atoms with E-state index in [1.165, 1.54) is 32.1 Å². The van der Waals surface area contributed by atoms with Gasteiger partial charge in [0.25, 0.3) is 11.8 Å². The Morgan fingerprint density at radius 3 is 2.02 bits per heavy atom. The first kappa shape index (κ1) is 33.5. The zero-order valence-electron chi connectivity index (χ0n) is 29.3. The van der Waals surface area contributed by atoms with Crippen molar-refractivity contribution in [1.29, 1.82) is 0 Å². The van der Waals surface area contributed by atoms with E-state index in [4.69, 9.17) is 16.6 Å². The molecule has 49 heavy (non-hydrogen) atoms. The minimum absolute atomic E-state index is 0.233. The average molecular weight is 683 g/mol. The van der Waals surface area contributed by atoms with E-state index in [1.54, 1.807) is 6.07 Å². The van der Waals surface area contributed by atoms with Crippen molar-refractivity contribution in [3.8, 4) is 11.1 Å². The topological polar surface area (TPSA) is 100 Å². The van der Waals surface area contributed by atoms with Gasteiger partial charge in [-0.15, -0.1) is 0 Å². The van der Waals surface area contributed by atoms with Gasteiger partial charge in [0.15, 0.2) is 11.6 Å². The van der Waals surface area contributed by atoms with Crippen molar-refractivity contribution < 1.29 is 9.59 Å². The van der Waals surface area contributed by atoms with Crippen LogP contribution in [0.25, 0.3) is 11.1 Å². The highest BCUT2D eigenvalue weighted by atomic mass is 35.5. The Morgan fingerprint density at radius 1 is 0.796 bits per heavy atom. The number of rotatable bonds is 7. The van der Waals surface area contributed by atoms with Crippen molar-refractivity contribution in [3.63, 3.8) is 0 Å². The molecule has 1 saturated carbocycles. The number of aromatic nitrogens is 4. The molecular weight excluding hydrogens is 636 g/mol. The summed E-state index contributed by atoms with van der Waals surface area (Å²) < 4.78 is 3.85. The summed E-state index contributed by atoms with van der Waals surface area (Å²) >= 11 is 6.97. The van der Waals surface area contributed by atoms with Gasteiger partial charge in [0, 0.05) is 81.8 Å². The first-order valence-corrected chi connectivity index (χ1v) is 18.0. The summed E-state index contributed by atoms with van der Waals surface area (Å²) in [5, 5.41) is 6.54. The summed E-state index contributed by atoms with van der Waals surface area (Å²) in [7, 11) is 5.90. The molecule has 0 radical (unpaired) electrons. The number of benzene rings is 2. The fourth-order valence-electron chi connectivity index (χ4n) is 8.10. The lowest BCUT2D eigenvalue weighted by Crippen LogP contribution is -2.41. The molecule has 2 N–H and O–H groups in total. The molecule has 4 heterocycles. The number of carbonyl (C=O) groups excluding carboxylic acids is 2.